The van der Waals surface area contributed by atoms with Crippen molar-refractivity contribution in [2.75, 3.05) is 26.7 Å². The predicted octanol–water partition coefficient (Wildman–Crippen LogP) is -0.680. The Hall–Kier alpha value is -1.10. The van der Waals surface area contributed by atoms with E-state index < -0.39 is 5.91 Å². The summed E-state index contributed by atoms with van der Waals surface area (Å²) in [4.78, 5) is 24.3. The van der Waals surface area contributed by atoms with Crippen molar-refractivity contribution in [3.05, 3.63) is 0 Å². The van der Waals surface area contributed by atoms with Gasteiger partial charge in [-0.3, -0.25) is 9.59 Å². The summed E-state index contributed by atoms with van der Waals surface area (Å²) in [6.45, 7) is 3.57. The number of primary amides is 1. The van der Waals surface area contributed by atoms with Gasteiger partial charge >= 0.3 is 0 Å². The third-order valence-corrected chi connectivity index (χ3v) is 3.11. The highest BCUT2D eigenvalue weighted by molar-refractivity contribution is 5.87. The van der Waals surface area contributed by atoms with Gasteiger partial charge < -0.3 is 16.0 Å². The fourth-order valence-corrected chi connectivity index (χ4v) is 2.09. The Morgan fingerprint density at radius 2 is 2.20 bits per heavy atom. The van der Waals surface area contributed by atoms with Crippen LogP contribution in [0.25, 0.3) is 0 Å². The molecule has 5 nitrogen and oxygen atoms in total. The number of hydrogen-bond donors (Lipinski definition) is 2. The quantitative estimate of drug-likeness (QED) is 0.649. The number of hydrogen-bond acceptors (Lipinski definition) is 3. The highest BCUT2D eigenvalue weighted by atomic mass is 16.2. The lowest BCUT2D eigenvalue weighted by molar-refractivity contribution is -0.142. The van der Waals surface area contributed by atoms with Crippen LogP contribution in [0.2, 0.25) is 0 Å². The molecule has 0 spiro atoms. The summed E-state index contributed by atoms with van der Waals surface area (Å²) < 4.78 is 0. The largest absolute Gasteiger partial charge is 0.368 e. The Balaban J connectivity index is 2.68. The zero-order valence-electron chi connectivity index (χ0n) is 9.38. The molecule has 0 saturated carbocycles. The van der Waals surface area contributed by atoms with Crippen LogP contribution < -0.4 is 11.1 Å². The molecule has 0 aliphatic carbocycles. The summed E-state index contributed by atoms with van der Waals surface area (Å²) in [5.74, 6) is -0.447. The zero-order chi connectivity index (χ0) is 11.5. The number of carbonyl (C=O) groups is 2. The van der Waals surface area contributed by atoms with Crippen LogP contribution in [0, 0.1) is 5.41 Å². The van der Waals surface area contributed by atoms with Gasteiger partial charge in [0, 0.05) is 13.6 Å². The van der Waals surface area contributed by atoms with Gasteiger partial charge in [-0.25, -0.2) is 0 Å². The maximum Gasteiger partial charge on any atom is 0.237 e. The van der Waals surface area contributed by atoms with Crippen molar-refractivity contribution in [2.24, 2.45) is 11.1 Å². The minimum absolute atomic E-state index is 0.000579. The lowest BCUT2D eigenvalue weighted by Gasteiger charge is -2.30. The molecule has 0 aromatic rings. The number of rotatable bonds is 4. The minimum Gasteiger partial charge on any atom is -0.368 e. The van der Waals surface area contributed by atoms with E-state index in [1.54, 1.807) is 7.05 Å². The van der Waals surface area contributed by atoms with Gasteiger partial charge in [0.15, 0.2) is 0 Å². The van der Waals surface area contributed by atoms with Gasteiger partial charge in [0.2, 0.25) is 11.8 Å². The fourth-order valence-electron chi connectivity index (χ4n) is 2.09. The first-order chi connectivity index (χ1) is 7.02. The molecule has 1 heterocycles. The lowest BCUT2D eigenvalue weighted by atomic mass is 9.83. The van der Waals surface area contributed by atoms with Crippen molar-refractivity contribution in [1.82, 2.24) is 10.2 Å². The smallest absolute Gasteiger partial charge is 0.237 e. The number of likely N-dealkylation sites (N-methyl/N-ethyl adjacent to an activating group) is 1. The van der Waals surface area contributed by atoms with Gasteiger partial charge in [0.05, 0.1) is 12.0 Å². The molecule has 86 valence electrons. The first-order valence-electron chi connectivity index (χ1n) is 5.26. The van der Waals surface area contributed by atoms with Crippen molar-refractivity contribution in [3.63, 3.8) is 0 Å². The minimum atomic E-state index is -0.469. The molecule has 2 amide bonds. The second kappa shape index (κ2) is 4.61. The first-order valence-corrected chi connectivity index (χ1v) is 5.26. The topological polar surface area (TPSA) is 75.4 Å². The number of carbonyl (C=O) groups excluding carboxylic acids is 2. The second-order valence-electron chi connectivity index (χ2n) is 4.19. The van der Waals surface area contributed by atoms with Crippen LogP contribution in [-0.4, -0.2) is 43.4 Å². The third-order valence-electron chi connectivity index (χ3n) is 3.11. The molecule has 1 aliphatic heterocycles. The van der Waals surface area contributed by atoms with E-state index in [1.165, 1.54) is 4.90 Å². The van der Waals surface area contributed by atoms with Gasteiger partial charge in [0.25, 0.3) is 0 Å². The van der Waals surface area contributed by atoms with Gasteiger partial charge in [-0.05, 0) is 19.4 Å². The van der Waals surface area contributed by atoms with Crippen molar-refractivity contribution in [3.8, 4) is 0 Å². The molecule has 15 heavy (non-hydrogen) atoms. The average molecular weight is 213 g/mol. The molecular formula is C10H19N3O2. The van der Waals surface area contributed by atoms with Crippen LogP contribution in [0.1, 0.15) is 19.8 Å². The van der Waals surface area contributed by atoms with Crippen LogP contribution in [0.3, 0.4) is 0 Å². The summed E-state index contributed by atoms with van der Waals surface area (Å²) in [6, 6.07) is 0. The zero-order valence-corrected chi connectivity index (χ0v) is 9.38. The van der Waals surface area contributed by atoms with E-state index in [9.17, 15) is 9.59 Å². The molecule has 1 atom stereocenters. The maximum atomic E-state index is 12.1. The van der Waals surface area contributed by atoms with Gasteiger partial charge in [-0.2, -0.15) is 0 Å². The summed E-state index contributed by atoms with van der Waals surface area (Å²) in [5.41, 5.74) is 4.74. The van der Waals surface area contributed by atoms with Crippen LogP contribution in [0.15, 0.2) is 0 Å². The first kappa shape index (κ1) is 12.0. The molecule has 0 aromatic heterocycles. The SMILES string of the molecule is CCC1(C(=O)N(C)CC(N)=O)CCNC1. The van der Waals surface area contributed by atoms with Crippen molar-refractivity contribution < 1.29 is 9.59 Å². The number of nitrogens with one attached hydrogen (secondary N) is 1. The Bertz CT molecular complexity index is 259. The van der Waals surface area contributed by atoms with Crippen molar-refractivity contribution >= 4 is 11.8 Å². The van der Waals surface area contributed by atoms with E-state index in [-0.39, 0.29) is 17.9 Å². The second-order valence-corrected chi connectivity index (χ2v) is 4.19. The lowest BCUT2D eigenvalue weighted by Crippen LogP contribution is -2.46. The van der Waals surface area contributed by atoms with E-state index in [0.717, 1.165) is 19.4 Å². The van der Waals surface area contributed by atoms with E-state index in [1.807, 2.05) is 6.92 Å². The third kappa shape index (κ3) is 2.47. The predicted molar refractivity (Wildman–Crippen MR) is 57.0 cm³/mol. The normalized spacial score (nSPS) is 25.2. The summed E-state index contributed by atoms with van der Waals surface area (Å²) >= 11 is 0. The van der Waals surface area contributed by atoms with Crippen molar-refractivity contribution in [2.45, 2.75) is 19.8 Å². The summed E-state index contributed by atoms with van der Waals surface area (Å²) in [6.07, 6.45) is 1.63. The molecule has 1 saturated heterocycles. The van der Waals surface area contributed by atoms with E-state index >= 15 is 0 Å². The van der Waals surface area contributed by atoms with Gasteiger partial charge in [-0.1, -0.05) is 6.92 Å². The Labute approximate surface area is 90.0 Å². The number of nitrogens with two attached hydrogens (primary N) is 1. The van der Waals surface area contributed by atoms with E-state index in [4.69, 9.17) is 5.73 Å². The van der Waals surface area contributed by atoms with Crippen LogP contribution in [0.4, 0.5) is 0 Å². The summed E-state index contributed by atoms with van der Waals surface area (Å²) in [5, 5.41) is 3.19. The molecule has 1 fully saturated rings. The molecule has 0 aromatic carbocycles. The highest BCUT2D eigenvalue weighted by Gasteiger charge is 2.41. The number of nitrogens with zero attached hydrogens (tertiary/aromatic N) is 1. The molecule has 1 unspecified atom stereocenters. The fraction of sp³-hybridized carbons (Fsp3) is 0.800. The highest BCUT2D eigenvalue weighted by Crippen LogP contribution is 2.31. The Kier molecular flexibility index (Phi) is 3.68. The molecule has 0 radical (unpaired) electrons. The molecule has 1 aliphatic rings. The summed E-state index contributed by atoms with van der Waals surface area (Å²) in [7, 11) is 1.63. The molecule has 0 bridgehead atoms. The van der Waals surface area contributed by atoms with Gasteiger partial charge in [0.1, 0.15) is 0 Å². The molecule has 3 N–H and O–H groups in total. The molecular weight excluding hydrogens is 194 g/mol. The van der Waals surface area contributed by atoms with Gasteiger partial charge in [-0.15, -0.1) is 0 Å². The number of amides is 2. The standard InChI is InChI=1S/C10H19N3O2/c1-3-10(4-5-12-7-10)9(15)13(2)6-8(11)14/h12H,3-7H2,1-2H3,(H2,11,14). The Morgan fingerprint density at radius 3 is 2.60 bits per heavy atom. The van der Waals surface area contributed by atoms with E-state index in [0.29, 0.717) is 6.54 Å². The molecule has 1 rings (SSSR count). The van der Waals surface area contributed by atoms with Crippen LogP contribution in [-0.2, 0) is 9.59 Å². The monoisotopic (exact) mass is 213 g/mol. The Morgan fingerprint density at radius 1 is 1.53 bits per heavy atom. The molecule has 5 heteroatoms. The van der Waals surface area contributed by atoms with E-state index in [2.05, 4.69) is 5.32 Å². The average Bonchev–Trinajstić information content (AvgIpc) is 2.65. The maximum absolute atomic E-state index is 12.1. The van der Waals surface area contributed by atoms with Crippen molar-refractivity contribution in [1.29, 1.82) is 0 Å². The van der Waals surface area contributed by atoms with Crippen LogP contribution >= 0.6 is 0 Å². The van der Waals surface area contributed by atoms with Crippen LogP contribution in [0.5, 0.6) is 0 Å².